The fourth-order valence-electron chi connectivity index (χ4n) is 8.49. The smallest absolute Gasteiger partial charge is 0.189 e. The van der Waals surface area contributed by atoms with Crippen molar-refractivity contribution in [3.63, 3.8) is 0 Å². The van der Waals surface area contributed by atoms with E-state index in [4.69, 9.17) is 0 Å². The number of halogens is 1. The third-order valence-electron chi connectivity index (χ3n) is 12.3. The van der Waals surface area contributed by atoms with Crippen molar-refractivity contribution in [2.45, 2.75) is 297 Å². The summed E-state index contributed by atoms with van der Waals surface area (Å²) in [6, 6.07) is 0. The monoisotopic (exact) mass is 758 g/mol. The van der Waals surface area contributed by atoms with E-state index in [0.717, 1.165) is 25.9 Å². The summed E-state index contributed by atoms with van der Waals surface area (Å²) in [4.78, 5) is 0. The van der Waals surface area contributed by atoms with Crippen LogP contribution in [0.4, 0.5) is 0 Å². The molecule has 0 bridgehead atoms. The van der Waals surface area contributed by atoms with Crippen LogP contribution >= 0.6 is 0 Å². The van der Waals surface area contributed by atoms with Gasteiger partial charge in [0.15, 0.2) is 12.5 Å². The third kappa shape index (κ3) is 35.8. The van der Waals surface area contributed by atoms with Gasteiger partial charge in [-0.2, -0.15) is 0 Å². The first-order valence-electron chi connectivity index (χ1n) is 24.2. The molecule has 0 aromatic heterocycles. The summed E-state index contributed by atoms with van der Waals surface area (Å²) in [5, 5.41) is 21.5. The molecule has 0 aromatic carbocycles. The molecule has 4 heteroatoms. The molecule has 0 aliphatic rings. The molecule has 2 atom stereocenters. The van der Waals surface area contributed by atoms with Gasteiger partial charge in [0, 0.05) is 13.8 Å². The Morgan fingerprint density at radius 3 is 0.538 bits per heavy atom. The van der Waals surface area contributed by atoms with E-state index >= 15 is 0 Å². The fourth-order valence-corrected chi connectivity index (χ4v) is 8.49. The Bertz CT molecular complexity index is 588. The molecule has 0 saturated heterocycles. The lowest BCUT2D eigenvalue weighted by molar-refractivity contribution is -1.01. The molecule has 0 heterocycles. The van der Waals surface area contributed by atoms with Gasteiger partial charge in [-0.15, -0.1) is 0 Å². The zero-order chi connectivity index (χ0) is 37.4. The summed E-state index contributed by atoms with van der Waals surface area (Å²) in [7, 11) is 0. The average molecular weight is 759 g/mol. The zero-order valence-corrected chi connectivity index (χ0v) is 37.3. The Labute approximate surface area is 336 Å². The minimum Gasteiger partial charge on any atom is -1.00 e. The average Bonchev–Trinajstić information content (AvgIpc) is 3.12. The zero-order valence-electron chi connectivity index (χ0n) is 36.6. The second-order valence-electron chi connectivity index (χ2n) is 17.2. The van der Waals surface area contributed by atoms with Gasteiger partial charge in [-0.05, 0) is 25.7 Å². The van der Waals surface area contributed by atoms with Crippen molar-refractivity contribution in [3.8, 4) is 0 Å². The number of aliphatic hydroxyl groups excluding tert-OH is 2. The summed E-state index contributed by atoms with van der Waals surface area (Å²) in [6.07, 6.45) is 54.9. The Kier molecular flexibility index (Phi) is 45.8. The van der Waals surface area contributed by atoms with E-state index in [-0.39, 0.29) is 12.4 Å². The third-order valence-corrected chi connectivity index (χ3v) is 12.3. The molecule has 2 unspecified atom stereocenters. The van der Waals surface area contributed by atoms with Crippen LogP contribution in [0.2, 0.25) is 0 Å². The van der Waals surface area contributed by atoms with E-state index in [1.165, 1.54) is 244 Å². The fraction of sp³-hybridized carbons (Fsp3) is 1.00. The van der Waals surface area contributed by atoms with Crippen molar-refractivity contribution < 1.29 is 27.1 Å². The van der Waals surface area contributed by atoms with E-state index < -0.39 is 12.5 Å². The number of hydrogen-bond donors (Lipinski definition) is 2. The van der Waals surface area contributed by atoms with Gasteiger partial charge in [-0.3, -0.25) is 4.48 Å². The van der Waals surface area contributed by atoms with Crippen LogP contribution in [0.15, 0.2) is 0 Å². The van der Waals surface area contributed by atoms with Crippen LogP contribution in [0.25, 0.3) is 0 Å². The van der Waals surface area contributed by atoms with Gasteiger partial charge in [0.25, 0.3) is 0 Å². The van der Waals surface area contributed by atoms with Crippen molar-refractivity contribution in [2.24, 2.45) is 0 Å². The minimum absolute atomic E-state index is 0. The van der Waals surface area contributed by atoms with Crippen LogP contribution in [-0.2, 0) is 0 Å². The number of nitrogens with zero attached hydrogens (tertiary/aromatic N) is 1. The first-order chi connectivity index (χ1) is 25.0. The molecule has 52 heavy (non-hydrogen) atoms. The number of quaternary nitrogens is 1. The molecule has 0 saturated carbocycles. The van der Waals surface area contributed by atoms with E-state index in [1.807, 2.05) is 13.8 Å². The molecule has 0 radical (unpaired) electrons. The molecule has 0 rings (SSSR count). The maximum Gasteiger partial charge on any atom is 0.189 e. The van der Waals surface area contributed by atoms with Crippen molar-refractivity contribution in [2.75, 3.05) is 13.1 Å². The largest absolute Gasteiger partial charge is 1.00 e. The quantitative estimate of drug-likeness (QED) is 0.0369. The summed E-state index contributed by atoms with van der Waals surface area (Å²) in [5.74, 6) is 0. The highest BCUT2D eigenvalue weighted by Gasteiger charge is 2.36. The van der Waals surface area contributed by atoms with Crippen LogP contribution in [0, 0.1) is 0 Å². The highest BCUT2D eigenvalue weighted by molar-refractivity contribution is 4.55. The highest BCUT2D eigenvalue weighted by Crippen LogP contribution is 2.23. The Morgan fingerprint density at radius 2 is 0.404 bits per heavy atom. The predicted octanol–water partition coefficient (Wildman–Crippen LogP) is 13.1. The van der Waals surface area contributed by atoms with Crippen molar-refractivity contribution in [1.82, 2.24) is 0 Å². The normalized spacial score (nSPS) is 13.0. The molecular weight excluding hydrogens is 658 g/mol. The van der Waals surface area contributed by atoms with E-state index in [2.05, 4.69) is 13.8 Å². The molecule has 0 aliphatic carbocycles. The number of unbranched alkanes of at least 4 members (excludes halogenated alkanes) is 38. The van der Waals surface area contributed by atoms with Crippen LogP contribution in [0.3, 0.4) is 0 Å². The summed E-state index contributed by atoms with van der Waals surface area (Å²) < 4.78 is 0.470. The summed E-state index contributed by atoms with van der Waals surface area (Å²) in [5.41, 5.74) is 0. The van der Waals surface area contributed by atoms with E-state index in [9.17, 15) is 10.2 Å². The molecule has 0 aliphatic heterocycles. The van der Waals surface area contributed by atoms with Crippen molar-refractivity contribution >= 4 is 0 Å². The predicted molar refractivity (Wildman–Crippen MR) is 229 cm³/mol. The van der Waals surface area contributed by atoms with Gasteiger partial charge < -0.3 is 22.6 Å². The molecule has 0 amide bonds. The van der Waals surface area contributed by atoms with Gasteiger partial charge >= 0.3 is 0 Å². The van der Waals surface area contributed by atoms with Crippen molar-refractivity contribution in [3.05, 3.63) is 0 Å². The van der Waals surface area contributed by atoms with Crippen LogP contribution in [0.1, 0.15) is 285 Å². The number of rotatable bonds is 44. The molecule has 0 aromatic rings. The molecular formula is C48H100ClNO2. The Morgan fingerprint density at radius 1 is 0.269 bits per heavy atom. The van der Waals surface area contributed by atoms with Crippen molar-refractivity contribution in [1.29, 1.82) is 0 Å². The molecule has 0 fully saturated rings. The summed E-state index contributed by atoms with van der Waals surface area (Å²) in [6.45, 7) is 10.2. The van der Waals surface area contributed by atoms with Gasteiger partial charge in [-0.1, -0.05) is 245 Å². The molecule has 316 valence electrons. The van der Waals surface area contributed by atoms with E-state index in [0.29, 0.717) is 4.48 Å². The van der Waals surface area contributed by atoms with Crippen LogP contribution in [0.5, 0.6) is 0 Å². The van der Waals surface area contributed by atoms with Gasteiger partial charge in [-0.25, -0.2) is 0 Å². The van der Waals surface area contributed by atoms with Gasteiger partial charge in [0.1, 0.15) is 0 Å². The lowest BCUT2D eigenvalue weighted by Crippen LogP contribution is -3.00. The number of hydrogen-bond acceptors (Lipinski definition) is 2. The Balaban J connectivity index is 0. The lowest BCUT2D eigenvalue weighted by atomic mass is 10.0. The summed E-state index contributed by atoms with van der Waals surface area (Å²) >= 11 is 0. The highest BCUT2D eigenvalue weighted by atomic mass is 35.5. The first-order valence-corrected chi connectivity index (χ1v) is 24.2. The number of aliphatic hydroxyl groups is 2. The second-order valence-corrected chi connectivity index (χ2v) is 17.2. The maximum atomic E-state index is 10.8. The SMILES string of the molecule is CCCCCCCCCCCCCCCCCCCCCC[N+](CCCCCCCCCCCCCCCCCCCCCC)(C(C)O)C(C)O.[Cl-]. The topological polar surface area (TPSA) is 40.5 Å². The maximum absolute atomic E-state index is 10.8. The van der Waals surface area contributed by atoms with Crippen LogP contribution < -0.4 is 12.4 Å². The molecule has 3 nitrogen and oxygen atoms in total. The van der Waals surface area contributed by atoms with Gasteiger partial charge in [0.05, 0.1) is 13.1 Å². The van der Waals surface area contributed by atoms with Gasteiger partial charge in [0.2, 0.25) is 0 Å². The van der Waals surface area contributed by atoms with E-state index in [1.54, 1.807) is 0 Å². The van der Waals surface area contributed by atoms with Crippen LogP contribution in [-0.4, -0.2) is 40.2 Å². The lowest BCUT2D eigenvalue weighted by Gasteiger charge is -2.43. The standard InChI is InChI=1S/C48H100NO2.ClH/c1-5-7-9-11-13-15-17-19-21-23-25-27-29-31-33-35-37-39-41-43-45-49(47(3)50,48(4)51)46-44-42-40-38-36-34-32-30-28-26-24-22-20-18-16-14-12-10-8-6-2;/h47-48,50-51H,5-46H2,1-4H3;1H/q+1;/p-1. The first kappa shape index (κ1) is 54.3. The Hall–Kier alpha value is 0.170. The minimum atomic E-state index is -0.495. The molecule has 2 N–H and O–H groups in total. The molecule has 0 spiro atoms. The second kappa shape index (κ2) is 43.9.